The first-order valence-electron chi connectivity index (χ1n) is 5.50. The number of hydrogen-bond acceptors (Lipinski definition) is 3. The fourth-order valence-electron chi connectivity index (χ4n) is 1.57. The van der Waals surface area contributed by atoms with Crippen molar-refractivity contribution in [3.8, 4) is 11.9 Å². The topological polar surface area (TPSA) is 45.9 Å². The molecular weight excluding hydrogens is 200 g/mol. The van der Waals surface area contributed by atoms with Crippen molar-refractivity contribution in [2.75, 3.05) is 7.11 Å². The van der Waals surface area contributed by atoms with Crippen LogP contribution in [0.25, 0.3) is 0 Å². The molecule has 0 spiro atoms. The van der Waals surface area contributed by atoms with E-state index in [1.807, 2.05) is 6.07 Å². The van der Waals surface area contributed by atoms with E-state index in [1.165, 1.54) is 0 Å². The van der Waals surface area contributed by atoms with Crippen molar-refractivity contribution in [2.45, 2.75) is 39.5 Å². The van der Waals surface area contributed by atoms with Crippen LogP contribution in [-0.4, -0.2) is 12.1 Å². The number of pyridine rings is 1. The molecule has 1 heterocycles. The molecule has 3 nitrogen and oxygen atoms in total. The average Bonchev–Trinajstić information content (AvgIpc) is 2.26. The van der Waals surface area contributed by atoms with Gasteiger partial charge in [0.1, 0.15) is 11.6 Å². The van der Waals surface area contributed by atoms with E-state index in [2.05, 4.69) is 38.7 Å². The molecule has 0 atom stereocenters. The largest absolute Gasteiger partial charge is 0.480 e. The molecule has 0 amide bonds. The minimum atomic E-state index is 0.295. The van der Waals surface area contributed by atoms with Crippen LogP contribution in [0.1, 0.15) is 56.4 Å². The molecule has 0 saturated heterocycles. The SMILES string of the molecule is COc1nc(C(C)C)cc(C(C)C)c1C#N. The van der Waals surface area contributed by atoms with E-state index in [1.54, 1.807) is 7.11 Å². The number of rotatable bonds is 3. The number of ether oxygens (including phenoxy) is 1. The molecule has 3 heteroatoms. The summed E-state index contributed by atoms with van der Waals surface area (Å²) in [5.74, 6) is 1.07. The lowest BCUT2D eigenvalue weighted by molar-refractivity contribution is 0.393. The summed E-state index contributed by atoms with van der Waals surface area (Å²) in [6.45, 7) is 8.30. The zero-order valence-electron chi connectivity index (χ0n) is 10.5. The van der Waals surface area contributed by atoms with E-state index in [-0.39, 0.29) is 0 Å². The Balaban J connectivity index is 3.45. The van der Waals surface area contributed by atoms with Gasteiger partial charge in [-0.05, 0) is 23.5 Å². The van der Waals surface area contributed by atoms with Crippen molar-refractivity contribution in [2.24, 2.45) is 0 Å². The zero-order chi connectivity index (χ0) is 12.3. The Morgan fingerprint density at radius 1 is 1.25 bits per heavy atom. The van der Waals surface area contributed by atoms with Crippen molar-refractivity contribution in [1.82, 2.24) is 4.98 Å². The van der Waals surface area contributed by atoms with Crippen LogP contribution in [0.5, 0.6) is 5.88 Å². The minimum absolute atomic E-state index is 0.295. The summed E-state index contributed by atoms with van der Waals surface area (Å²) in [5, 5.41) is 9.14. The van der Waals surface area contributed by atoms with Crippen LogP contribution in [-0.2, 0) is 0 Å². The van der Waals surface area contributed by atoms with Crippen LogP contribution in [0.2, 0.25) is 0 Å². The maximum Gasteiger partial charge on any atom is 0.231 e. The monoisotopic (exact) mass is 218 g/mol. The molecule has 0 radical (unpaired) electrons. The van der Waals surface area contributed by atoms with Crippen LogP contribution >= 0.6 is 0 Å². The third-order valence-electron chi connectivity index (χ3n) is 2.56. The molecular formula is C13H18N2O. The number of methoxy groups -OCH3 is 1. The second-order valence-electron chi connectivity index (χ2n) is 4.44. The van der Waals surface area contributed by atoms with Gasteiger partial charge in [-0.2, -0.15) is 5.26 Å². The summed E-state index contributed by atoms with van der Waals surface area (Å²) in [5.41, 5.74) is 2.54. The summed E-state index contributed by atoms with van der Waals surface area (Å²) in [4.78, 5) is 4.36. The average molecular weight is 218 g/mol. The molecule has 1 aromatic rings. The molecule has 0 N–H and O–H groups in total. The Labute approximate surface area is 97.1 Å². The van der Waals surface area contributed by atoms with Gasteiger partial charge in [0.2, 0.25) is 5.88 Å². The molecule has 0 saturated carbocycles. The lowest BCUT2D eigenvalue weighted by atomic mass is 9.96. The van der Waals surface area contributed by atoms with Gasteiger partial charge in [-0.1, -0.05) is 27.7 Å². The van der Waals surface area contributed by atoms with Crippen molar-refractivity contribution in [3.05, 3.63) is 22.9 Å². The van der Waals surface area contributed by atoms with Crippen LogP contribution in [0.15, 0.2) is 6.07 Å². The first-order valence-corrected chi connectivity index (χ1v) is 5.50. The molecule has 0 bridgehead atoms. The Kier molecular flexibility index (Phi) is 3.89. The third kappa shape index (κ3) is 2.33. The highest BCUT2D eigenvalue weighted by atomic mass is 16.5. The summed E-state index contributed by atoms with van der Waals surface area (Å²) in [7, 11) is 1.55. The van der Waals surface area contributed by atoms with E-state index >= 15 is 0 Å². The van der Waals surface area contributed by atoms with Crippen LogP contribution in [0, 0.1) is 11.3 Å². The number of nitriles is 1. The molecule has 0 aliphatic carbocycles. The highest BCUT2D eigenvalue weighted by Gasteiger charge is 2.16. The van der Waals surface area contributed by atoms with Gasteiger partial charge in [-0.25, -0.2) is 4.98 Å². The first-order chi connectivity index (χ1) is 7.51. The Hall–Kier alpha value is -1.56. The maximum absolute atomic E-state index is 9.14. The fraction of sp³-hybridized carbons (Fsp3) is 0.538. The van der Waals surface area contributed by atoms with Crippen molar-refractivity contribution in [3.63, 3.8) is 0 Å². The van der Waals surface area contributed by atoms with Crippen LogP contribution in [0.4, 0.5) is 0 Å². The molecule has 0 unspecified atom stereocenters. The van der Waals surface area contributed by atoms with Crippen molar-refractivity contribution >= 4 is 0 Å². The van der Waals surface area contributed by atoms with Crippen molar-refractivity contribution < 1.29 is 4.74 Å². The highest BCUT2D eigenvalue weighted by Crippen LogP contribution is 2.28. The normalized spacial score (nSPS) is 10.6. The van der Waals surface area contributed by atoms with E-state index < -0.39 is 0 Å². The van der Waals surface area contributed by atoms with Gasteiger partial charge in [0.15, 0.2) is 0 Å². The van der Waals surface area contributed by atoms with Crippen LogP contribution in [0.3, 0.4) is 0 Å². The highest BCUT2D eigenvalue weighted by molar-refractivity contribution is 5.47. The molecule has 0 fully saturated rings. The lowest BCUT2D eigenvalue weighted by Crippen LogP contribution is -2.04. The number of nitrogens with zero attached hydrogens (tertiary/aromatic N) is 2. The van der Waals surface area contributed by atoms with Gasteiger partial charge in [0, 0.05) is 5.69 Å². The first kappa shape index (κ1) is 12.5. The maximum atomic E-state index is 9.14. The smallest absolute Gasteiger partial charge is 0.231 e. The van der Waals surface area contributed by atoms with Crippen molar-refractivity contribution in [1.29, 1.82) is 5.26 Å². The predicted molar refractivity (Wildman–Crippen MR) is 63.7 cm³/mol. The predicted octanol–water partition coefficient (Wildman–Crippen LogP) is 3.21. The molecule has 0 aliphatic heterocycles. The standard InChI is InChI=1S/C13H18N2O/c1-8(2)10-6-12(9(3)4)15-13(16-5)11(10)7-14/h6,8-9H,1-5H3. The van der Waals surface area contributed by atoms with Gasteiger partial charge in [0.25, 0.3) is 0 Å². The lowest BCUT2D eigenvalue weighted by Gasteiger charge is -2.14. The van der Waals surface area contributed by atoms with Gasteiger partial charge in [-0.15, -0.1) is 0 Å². The Morgan fingerprint density at radius 2 is 1.88 bits per heavy atom. The second-order valence-corrected chi connectivity index (χ2v) is 4.44. The second kappa shape index (κ2) is 4.98. The fourth-order valence-corrected chi connectivity index (χ4v) is 1.57. The van der Waals surface area contributed by atoms with Gasteiger partial charge >= 0.3 is 0 Å². The summed E-state index contributed by atoms with van der Waals surface area (Å²) in [6, 6.07) is 4.19. The summed E-state index contributed by atoms with van der Waals surface area (Å²) in [6.07, 6.45) is 0. The van der Waals surface area contributed by atoms with Crippen LogP contribution < -0.4 is 4.74 Å². The quantitative estimate of drug-likeness (QED) is 0.782. The summed E-state index contributed by atoms with van der Waals surface area (Å²) < 4.78 is 5.18. The zero-order valence-corrected chi connectivity index (χ0v) is 10.5. The third-order valence-corrected chi connectivity index (χ3v) is 2.56. The number of hydrogen-bond donors (Lipinski definition) is 0. The molecule has 0 aromatic carbocycles. The van der Waals surface area contributed by atoms with E-state index in [0.29, 0.717) is 23.3 Å². The van der Waals surface area contributed by atoms with E-state index in [9.17, 15) is 0 Å². The summed E-state index contributed by atoms with van der Waals surface area (Å²) >= 11 is 0. The van der Waals surface area contributed by atoms with E-state index in [0.717, 1.165) is 11.3 Å². The Morgan fingerprint density at radius 3 is 2.25 bits per heavy atom. The number of aromatic nitrogens is 1. The molecule has 0 aliphatic rings. The molecule has 1 rings (SSSR count). The van der Waals surface area contributed by atoms with E-state index in [4.69, 9.17) is 10.00 Å². The minimum Gasteiger partial charge on any atom is -0.480 e. The Bertz CT molecular complexity index is 417. The molecule has 16 heavy (non-hydrogen) atoms. The van der Waals surface area contributed by atoms with Gasteiger partial charge in [0.05, 0.1) is 7.11 Å². The van der Waals surface area contributed by atoms with Gasteiger partial charge in [-0.3, -0.25) is 0 Å². The molecule has 86 valence electrons. The van der Waals surface area contributed by atoms with Gasteiger partial charge < -0.3 is 4.74 Å². The molecule has 1 aromatic heterocycles.